The Morgan fingerprint density at radius 3 is 2.36 bits per heavy atom. The van der Waals surface area contributed by atoms with E-state index in [2.05, 4.69) is 4.72 Å². The van der Waals surface area contributed by atoms with E-state index < -0.39 is 16.1 Å². The summed E-state index contributed by atoms with van der Waals surface area (Å²) in [6.45, 7) is 7.42. The van der Waals surface area contributed by atoms with E-state index in [4.69, 9.17) is 18.9 Å². The van der Waals surface area contributed by atoms with Gasteiger partial charge in [0, 0.05) is 12.1 Å². The smallest absolute Gasteiger partial charge is 0.241 e. The normalized spacial score (nSPS) is 14.4. The minimum absolute atomic E-state index is 0.125. The van der Waals surface area contributed by atoms with Gasteiger partial charge in [-0.2, -0.15) is 0 Å². The Balaban J connectivity index is 1.81. The molecular weight excluding hydrogens is 382 g/mol. The van der Waals surface area contributed by atoms with Crippen LogP contribution in [0.5, 0.6) is 23.0 Å². The van der Waals surface area contributed by atoms with E-state index in [-0.39, 0.29) is 4.90 Å². The van der Waals surface area contributed by atoms with E-state index in [9.17, 15) is 8.42 Å². The molecule has 28 heavy (non-hydrogen) atoms. The molecule has 0 spiro atoms. The van der Waals surface area contributed by atoms with E-state index in [1.54, 1.807) is 25.1 Å². The van der Waals surface area contributed by atoms with Gasteiger partial charge in [-0.25, -0.2) is 13.1 Å². The lowest BCUT2D eigenvalue weighted by atomic mass is 10.1. The van der Waals surface area contributed by atoms with Crippen molar-refractivity contribution in [2.24, 2.45) is 0 Å². The van der Waals surface area contributed by atoms with Gasteiger partial charge in [0.2, 0.25) is 10.0 Å². The van der Waals surface area contributed by atoms with Crippen LogP contribution in [-0.4, -0.2) is 34.8 Å². The molecule has 0 saturated carbocycles. The third-order valence-corrected chi connectivity index (χ3v) is 5.76. The molecule has 0 aliphatic carbocycles. The van der Waals surface area contributed by atoms with E-state index in [0.717, 1.165) is 5.56 Å². The average molecular weight is 407 g/mol. The summed E-state index contributed by atoms with van der Waals surface area (Å²) in [6, 6.07) is 9.54. The minimum atomic E-state index is -3.74. The number of benzene rings is 2. The highest BCUT2D eigenvalue weighted by molar-refractivity contribution is 7.89. The van der Waals surface area contributed by atoms with Crippen molar-refractivity contribution in [3.8, 4) is 23.0 Å². The molecule has 7 nitrogen and oxygen atoms in total. The Morgan fingerprint density at radius 2 is 1.64 bits per heavy atom. The third kappa shape index (κ3) is 4.51. The molecule has 152 valence electrons. The maximum absolute atomic E-state index is 12.8. The highest BCUT2D eigenvalue weighted by Gasteiger charge is 2.22. The molecule has 2 aromatic carbocycles. The summed E-state index contributed by atoms with van der Waals surface area (Å²) in [5, 5.41) is 0. The molecule has 0 radical (unpaired) electrons. The van der Waals surface area contributed by atoms with Gasteiger partial charge in [0.15, 0.2) is 23.0 Å². The molecule has 3 rings (SSSR count). The number of ether oxygens (including phenoxy) is 4. The van der Waals surface area contributed by atoms with Crippen molar-refractivity contribution in [2.75, 3.05) is 26.4 Å². The zero-order valence-electron chi connectivity index (χ0n) is 16.2. The topological polar surface area (TPSA) is 83.1 Å². The predicted molar refractivity (Wildman–Crippen MR) is 105 cm³/mol. The second-order valence-electron chi connectivity index (χ2n) is 6.22. The molecular formula is C20H25NO6S. The molecule has 0 amide bonds. The molecule has 1 unspecified atom stereocenters. The quantitative estimate of drug-likeness (QED) is 0.723. The number of hydrogen-bond acceptors (Lipinski definition) is 6. The summed E-state index contributed by atoms with van der Waals surface area (Å²) >= 11 is 0. The van der Waals surface area contributed by atoms with Crippen LogP contribution in [0.25, 0.3) is 0 Å². The molecule has 0 aromatic heterocycles. The van der Waals surface area contributed by atoms with Gasteiger partial charge in [-0.15, -0.1) is 0 Å². The summed E-state index contributed by atoms with van der Waals surface area (Å²) in [5.74, 6) is 2.20. The summed E-state index contributed by atoms with van der Waals surface area (Å²) in [6.07, 6.45) is 0. The molecule has 8 heteroatoms. The van der Waals surface area contributed by atoms with Crippen LogP contribution in [-0.2, 0) is 10.0 Å². The molecule has 2 aromatic rings. The van der Waals surface area contributed by atoms with Gasteiger partial charge in [0.05, 0.1) is 18.1 Å². The Labute approximate surface area is 165 Å². The van der Waals surface area contributed by atoms with Crippen LogP contribution < -0.4 is 23.7 Å². The minimum Gasteiger partial charge on any atom is -0.490 e. The number of nitrogens with one attached hydrogen (secondary N) is 1. The standard InChI is InChI=1S/C20H25NO6S/c1-4-24-17-8-6-15(12-19(17)25-5-2)14(3)21-28(22,23)16-7-9-18-20(13-16)27-11-10-26-18/h6-9,12-14,21H,4-5,10-11H2,1-3H3. The fraction of sp³-hybridized carbons (Fsp3) is 0.400. The molecule has 1 aliphatic rings. The van der Waals surface area contributed by atoms with Gasteiger partial charge in [0.1, 0.15) is 13.2 Å². The second-order valence-corrected chi connectivity index (χ2v) is 7.93. The first-order valence-electron chi connectivity index (χ1n) is 9.26. The first-order valence-corrected chi connectivity index (χ1v) is 10.7. The van der Waals surface area contributed by atoms with Gasteiger partial charge in [0.25, 0.3) is 0 Å². The molecule has 1 N–H and O–H groups in total. The first kappa shape index (κ1) is 20.3. The molecule has 1 aliphatic heterocycles. The van der Waals surface area contributed by atoms with E-state index in [1.165, 1.54) is 12.1 Å². The van der Waals surface area contributed by atoms with Crippen molar-refractivity contribution in [1.82, 2.24) is 4.72 Å². The van der Waals surface area contributed by atoms with Crippen LogP contribution in [0.2, 0.25) is 0 Å². The second kappa shape index (κ2) is 8.70. The van der Waals surface area contributed by atoms with Gasteiger partial charge < -0.3 is 18.9 Å². The lowest BCUT2D eigenvalue weighted by Crippen LogP contribution is -2.27. The lowest BCUT2D eigenvalue weighted by Gasteiger charge is -2.20. The monoisotopic (exact) mass is 407 g/mol. The molecule has 0 fully saturated rings. The number of fused-ring (bicyclic) bond motifs is 1. The average Bonchev–Trinajstić information content (AvgIpc) is 2.69. The van der Waals surface area contributed by atoms with Crippen molar-refractivity contribution in [3.63, 3.8) is 0 Å². The maximum atomic E-state index is 12.8. The Hall–Kier alpha value is -2.45. The molecule has 1 heterocycles. The summed E-state index contributed by atoms with van der Waals surface area (Å²) in [5.41, 5.74) is 0.771. The van der Waals surface area contributed by atoms with Crippen molar-refractivity contribution >= 4 is 10.0 Å². The highest BCUT2D eigenvalue weighted by atomic mass is 32.2. The zero-order valence-corrected chi connectivity index (χ0v) is 17.0. The molecule has 0 saturated heterocycles. The number of rotatable bonds is 8. The molecule has 0 bridgehead atoms. The summed E-state index contributed by atoms with van der Waals surface area (Å²) in [7, 11) is -3.74. The van der Waals surface area contributed by atoms with Crippen LogP contribution in [0.4, 0.5) is 0 Å². The maximum Gasteiger partial charge on any atom is 0.241 e. The van der Waals surface area contributed by atoms with Gasteiger partial charge in [-0.3, -0.25) is 0 Å². The third-order valence-electron chi connectivity index (χ3n) is 4.22. The Morgan fingerprint density at radius 1 is 0.964 bits per heavy atom. The van der Waals surface area contributed by atoms with Crippen LogP contribution in [0.3, 0.4) is 0 Å². The fourth-order valence-electron chi connectivity index (χ4n) is 2.90. The van der Waals surface area contributed by atoms with Gasteiger partial charge in [-0.05, 0) is 50.6 Å². The van der Waals surface area contributed by atoms with E-state index in [1.807, 2.05) is 19.9 Å². The lowest BCUT2D eigenvalue weighted by molar-refractivity contribution is 0.171. The van der Waals surface area contributed by atoms with Gasteiger partial charge in [-0.1, -0.05) is 6.07 Å². The van der Waals surface area contributed by atoms with E-state index in [0.29, 0.717) is 49.4 Å². The van der Waals surface area contributed by atoms with Crippen molar-refractivity contribution < 1.29 is 27.4 Å². The SMILES string of the molecule is CCOc1ccc(C(C)NS(=O)(=O)c2ccc3c(c2)OCCO3)cc1OCC. The molecule has 1 atom stereocenters. The van der Waals surface area contributed by atoms with Crippen LogP contribution in [0.1, 0.15) is 32.4 Å². The Kier molecular flexibility index (Phi) is 6.31. The van der Waals surface area contributed by atoms with Crippen molar-refractivity contribution in [3.05, 3.63) is 42.0 Å². The number of sulfonamides is 1. The highest BCUT2D eigenvalue weighted by Crippen LogP contribution is 2.34. The van der Waals surface area contributed by atoms with Crippen molar-refractivity contribution in [1.29, 1.82) is 0 Å². The summed E-state index contributed by atoms with van der Waals surface area (Å²) < 4.78 is 50.4. The predicted octanol–water partition coefficient (Wildman–Crippen LogP) is 3.29. The number of hydrogen-bond donors (Lipinski definition) is 1. The Bertz CT molecular complexity index is 928. The van der Waals surface area contributed by atoms with Crippen LogP contribution >= 0.6 is 0 Å². The van der Waals surface area contributed by atoms with Crippen LogP contribution in [0.15, 0.2) is 41.3 Å². The van der Waals surface area contributed by atoms with Gasteiger partial charge >= 0.3 is 0 Å². The van der Waals surface area contributed by atoms with Crippen LogP contribution in [0, 0.1) is 0 Å². The zero-order chi connectivity index (χ0) is 20.1. The van der Waals surface area contributed by atoms with Crippen molar-refractivity contribution in [2.45, 2.75) is 31.7 Å². The largest absolute Gasteiger partial charge is 0.490 e. The fourth-order valence-corrected chi connectivity index (χ4v) is 4.14. The summed E-state index contributed by atoms with van der Waals surface area (Å²) in [4.78, 5) is 0.125. The first-order chi connectivity index (χ1) is 13.4. The van der Waals surface area contributed by atoms with E-state index >= 15 is 0 Å².